The van der Waals surface area contributed by atoms with E-state index in [2.05, 4.69) is 36.8 Å². The minimum atomic E-state index is -0.875. The number of rotatable bonds is 4. The Morgan fingerprint density at radius 1 is 1.39 bits per heavy atom. The third-order valence-electron chi connectivity index (χ3n) is 2.29. The lowest BCUT2D eigenvalue weighted by Gasteiger charge is -2.09. The first-order valence-electron chi connectivity index (χ1n) is 5.32. The quantitative estimate of drug-likeness (QED) is 0.884. The number of aliphatic hydroxyl groups is 1. The molecule has 1 unspecified atom stereocenters. The molecule has 2 rings (SSSR count). The van der Waals surface area contributed by atoms with Crippen LogP contribution in [0.2, 0.25) is 0 Å². The van der Waals surface area contributed by atoms with Gasteiger partial charge >= 0.3 is 0 Å². The van der Waals surface area contributed by atoms with E-state index >= 15 is 0 Å². The molecule has 2 aromatic rings. The molecule has 2 aromatic heterocycles. The maximum Gasteiger partial charge on any atom is 0.183 e. The molecule has 0 aliphatic carbocycles. The number of pyridine rings is 1. The Balaban J connectivity index is 2.27. The van der Waals surface area contributed by atoms with E-state index in [1.54, 1.807) is 24.5 Å². The van der Waals surface area contributed by atoms with Gasteiger partial charge in [-0.2, -0.15) is 0 Å². The molecule has 2 heterocycles. The first kappa shape index (κ1) is 13.6. The fraction of sp³-hybridized carbons (Fsp3) is 0.250. The summed E-state index contributed by atoms with van der Waals surface area (Å²) in [5.74, 6) is 1.06. The Hall–Kier alpha value is -0.850. The molecular weight excluding hydrogens is 366 g/mol. The van der Waals surface area contributed by atoms with E-state index in [1.807, 2.05) is 6.92 Å². The van der Waals surface area contributed by atoms with E-state index < -0.39 is 6.10 Å². The standard InChI is InChI=1S/C12H11Br2NO3/c1-2-17-8-3-7(5-15-6-8)11(16)10-4-9(13)12(14)18-10/h3-6,11,16H,2H2,1H3. The van der Waals surface area contributed by atoms with Gasteiger partial charge in [-0.05, 0) is 50.9 Å². The number of nitrogens with zero attached hydrogens (tertiary/aromatic N) is 1. The van der Waals surface area contributed by atoms with Crippen LogP contribution >= 0.6 is 31.9 Å². The summed E-state index contributed by atoms with van der Waals surface area (Å²) in [6, 6.07) is 3.45. The zero-order chi connectivity index (χ0) is 13.1. The molecular formula is C12H11Br2NO3. The van der Waals surface area contributed by atoms with Gasteiger partial charge in [0.15, 0.2) is 4.67 Å². The van der Waals surface area contributed by atoms with Gasteiger partial charge in [-0.3, -0.25) is 4.98 Å². The number of furan rings is 1. The Morgan fingerprint density at radius 2 is 2.17 bits per heavy atom. The summed E-state index contributed by atoms with van der Waals surface area (Å²) in [6.07, 6.45) is 2.31. The van der Waals surface area contributed by atoms with Gasteiger partial charge in [-0.25, -0.2) is 0 Å². The maximum atomic E-state index is 10.2. The second kappa shape index (κ2) is 5.86. The molecule has 0 radical (unpaired) electrons. The monoisotopic (exact) mass is 375 g/mol. The Bertz CT molecular complexity index is 522. The van der Waals surface area contributed by atoms with Crippen LogP contribution in [0.15, 0.2) is 38.1 Å². The van der Waals surface area contributed by atoms with Crippen molar-refractivity contribution in [3.05, 3.63) is 45.0 Å². The summed E-state index contributed by atoms with van der Waals surface area (Å²) in [6.45, 7) is 2.45. The highest BCUT2D eigenvalue weighted by atomic mass is 79.9. The molecule has 4 nitrogen and oxygen atoms in total. The van der Waals surface area contributed by atoms with Crippen molar-refractivity contribution in [2.24, 2.45) is 0 Å². The molecule has 6 heteroatoms. The minimum absolute atomic E-state index is 0.434. The number of halogens is 2. The molecule has 0 saturated heterocycles. The van der Waals surface area contributed by atoms with Crippen LogP contribution in [0.1, 0.15) is 24.4 Å². The smallest absolute Gasteiger partial charge is 0.183 e. The molecule has 0 amide bonds. The van der Waals surface area contributed by atoms with Crippen molar-refractivity contribution in [1.82, 2.24) is 4.98 Å². The predicted octanol–water partition coefficient (Wildman–Crippen LogP) is 3.68. The van der Waals surface area contributed by atoms with Crippen molar-refractivity contribution in [2.75, 3.05) is 6.61 Å². The van der Waals surface area contributed by atoms with Gasteiger partial charge in [0.25, 0.3) is 0 Å². The average Bonchev–Trinajstić information content (AvgIpc) is 2.69. The second-order valence-corrected chi connectivity index (χ2v) is 5.13. The zero-order valence-corrected chi connectivity index (χ0v) is 12.7. The number of aliphatic hydroxyl groups excluding tert-OH is 1. The summed E-state index contributed by atoms with van der Waals surface area (Å²) in [5, 5.41) is 10.2. The van der Waals surface area contributed by atoms with Gasteiger partial charge in [0, 0.05) is 11.8 Å². The van der Waals surface area contributed by atoms with Gasteiger partial charge in [0.1, 0.15) is 17.6 Å². The van der Waals surface area contributed by atoms with Crippen LogP contribution in [0.4, 0.5) is 0 Å². The molecule has 0 bridgehead atoms. The predicted molar refractivity (Wildman–Crippen MR) is 73.6 cm³/mol. The van der Waals surface area contributed by atoms with Gasteiger partial charge in [-0.1, -0.05) is 0 Å². The van der Waals surface area contributed by atoms with Crippen LogP contribution in [-0.4, -0.2) is 16.7 Å². The third kappa shape index (κ3) is 2.93. The highest BCUT2D eigenvalue weighted by molar-refractivity contribution is 9.13. The normalized spacial score (nSPS) is 12.4. The highest BCUT2D eigenvalue weighted by Gasteiger charge is 2.17. The lowest BCUT2D eigenvalue weighted by Crippen LogP contribution is -2.00. The van der Waals surface area contributed by atoms with Crippen LogP contribution in [0.5, 0.6) is 5.75 Å². The molecule has 0 fully saturated rings. The van der Waals surface area contributed by atoms with Crippen molar-refractivity contribution in [2.45, 2.75) is 13.0 Å². The molecule has 0 aliphatic rings. The number of aromatic nitrogens is 1. The van der Waals surface area contributed by atoms with E-state index in [-0.39, 0.29) is 0 Å². The van der Waals surface area contributed by atoms with Gasteiger partial charge in [0.05, 0.1) is 17.3 Å². The summed E-state index contributed by atoms with van der Waals surface area (Å²) >= 11 is 6.54. The second-order valence-electron chi connectivity index (χ2n) is 3.56. The average molecular weight is 377 g/mol. The van der Waals surface area contributed by atoms with Gasteiger partial charge in [0.2, 0.25) is 0 Å². The first-order chi connectivity index (χ1) is 8.61. The topological polar surface area (TPSA) is 55.5 Å². The lowest BCUT2D eigenvalue weighted by atomic mass is 10.1. The zero-order valence-electron chi connectivity index (χ0n) is 9.56. The van der Waals surface area contributed by atoms with Crippen LogP contribution in [0.3, 0.4) is 0 Å². The van der Waals surface area contributed by atoms with Crippen LogP contribution < -0.4 is 4.74 Å². The van der Waals surface area contributed by atoms with Crippen molar-refractivity contribution in [3.8, 4) is 5.75 Å². The van der Waals surface area contributed by atoms with Crippen molar-refractivity contribution >= 4 is 31.9 Å². The summed E-state index contributed by atoms with van der Waals surface area (Å²) in [5.41, 5.74) is 0.620. The number of ether oxygens (including phenoxy) is 1. The highest BCUT2D eigenvalue weighted by Crippen LogP contribution is 2.33. The van der Waals surface area contributed by atoms with E-state index in [4.69, 9.17) is 9.15 Å². The fourth-order valence-corrected chi connectivity index (χ4v) is 2.10. The molecule has 18 heavy (non-hydrogen) atoms. The molecule has 0 aromatic carbocycles. The van der Waals surface area contributed by atoms with E-state index in [0.29, 0.717) is 28.3 Å². The minimum Gasteiger partial charge on any atom is -0.492 e. The van der Waals surface area contributed by atoms with Crippen molar-refractivity contribution in [1.29, 1.82) is 0 Å². The molecule has 0 saturated carbocycles. The van der Waals surface area contributed by atoms with Gasteiger partial charge in [-0.15, -0.1) is 0 Å². The van der Waals surface area contributed by atoms with Crippen LogP contribution in [0.25, 0.3) is 0 Å². The Kier molecular flexibility index (Phi) is 4.42. The maximum absolute atomic E-state index is 10.2. The van der Waals surface area contributed by atoms with Crippen LogP contribution in [0, 0.1) is 0 Å². The lowest BCUT2D eigenvalue weighted by molar-refractivity contribution is 0.186. The molecule has 0 aliphatic heterocycles. The SMILES string of the molecule is CCOc1cncc(C(O)c2cc(Br)c(Br)o2)c1. The molecule has 96 valence electrons. The number of hydrogen-bond acceptors (Lipinski definition) is 4. The Morgan fingerprint density at radius 3 is 2.78 bits per heavy atom. The summed E-state index contributed by atoms with van der Waals surface area (Å²) in [7, 11) is 0. The van der Waals surface area contributed by atoms with Gasteiger partial charge < -0.3 is 14.3 Å². The largest absolute Gasteiger partial charge is 0.492 e. The molecule has 1 atom stereocenters. The van der Waals surface area contributed by atoms with E-state index in [1.165, 1.54) is 0 Å². The van der Waals surface area contributed by atoms with E-state index in [9.17, 15) is 5.11 Å². The summed E-state index contributed by atoms with van der Waals surface area (Å²) < 4.78 is 12.0. The summed E-state index contributed by atoms with van der Waals surface area (Å²) in [4.78, 5) is 4.03. The van der Waals surface area contributed by atoms with Crippen LogP contribution in [-0.2, 0) is 0 Å². The first-order valence-corrected chi connectivity index (χ1v) is 6.91. The fourth-order valence-electron chi connectivity index (χ4n) is 1.49. The number of hydrogen-bond donors (Lipinski definition) is 1. The third-order valence-corrected chi connectivity index (χ3v) is 4.00. The van der Waals surface area contributed by atoms with Crippen molar-refractivity contribution in [3.63, 3.8) is 0 Å². The Labute approximate surface area is 121 Å². The molecule has 1 N–H and O–H groups in total. The van der Waals surface area contributed by atoms with E-state index in [0.717, 1.165) is 4.47 Å². The van der Waals surface area contributed by atoms with Crippen molar-refractivity contribution < 1.29 is 14.3 Å². The molecule has 0 spiro atoms.